The molecule has 13 heteroatoms. The summed E-state index contributed by atoms with van der Waals surface area (Å²) in [7, 11) is -4.46. The first-order chi connectivity index (χ1) is 19.4. The van der Waals surface area contributed by atoms with Gasteiger partial charge in [0, 0.05) is 32.7 Å². The van der Waals surface area contributed by atoms with E-state index in [1.54, 1.807) is 10.8 Å². The van der Waals surface area contributed by atoms with E-state index in [2.05, 4.69) is 46.3 Å². The Morgan fingerprint density at radius 1 is 1.02 bits per heavy atom. The number of aromatic nitrogens is 2. The lowest BCUT2D eigenvalue weighted by atomic mass is 9.98. The number of hydrogen-bond acceptors (Lipinski definition) is 8. The molecule has 220 valence electrons. The van der Waals surface area contributed by atoms with Crippen molar-refractivity contribution in [3.05, 3.63) is 71.4 Å². The first kappa shape index (κ1) is 30.3. The number of halogens is 3. The van der Waals surface area contributed by atoms with E-state index in [0.29, 0.717) is 25.5 Å². The lowest BCUT2D eigenvalue weighted by molar-refractivity contribution is -0.130. The summed E-state index contributed by atoms with van der Waals surface area (Å²) in [5.74, 6) is -0.999. The van der Waals surface area contributed by atoms with E-state index in [1.165, 1.54) is 17.2 Å². The minimum absolute atomic E-state index is 0.300. The number of anilines is 1. The highest BCUT2D eigenvalue weighted by molar-refractivity contribution is 7.90. The second-order valence-electron chi connectivity index (χ2n) is 9.77. The Bertz CT molecular complexity index is 1460. The van der Waals surface area contributed by atoms with Crippen LogP contribution in [0.1, 0.15) is 35.0 Å². The molecule has 1 saturated heterocycles. The van der Waals surface area contributed by atoms with Crippen molar-refractivity contribution >= 4 is 21.7 Å². The molecule has 1 aliphatic rings. The van der Waals surface area contributed by atoms with E-state index in [0.717, 1.165) is 36.5 Å². The summed E-state index contributed by atoms with van der Waals surface area (Å²) in [5, 5.41) is 7.81. The van der Waals surface area contributed by atoms with Crippen LogP contribution in [0.2, 0.25) is 0 Å². The van der Waals surface area contributed by atoms with Gasteiger partial charge >= 0.3 is 6.18 Å². The fraction of sp³-hybridized carbons (Fsp3) is 0.393. The second kappa shape index (κ2) is 12.9. The van der Waals surface area contributed by atoms with Crippen molar-refractivity contribution in [3.63, 3.8) is 0 Å². The number of nitrogens with one attached hydrogen (secondary N) is 1. The molecule has 41 heavy (non-hydrogen) atoms. The summed E-state index contributed by atoms with van der Waals surface area (Å²) in [6.07, 6.45) is -6.20. The Kier molecular flexibility index (Phi) is 9.49. The van der Waals surface area contributed by atoms with Crippen molar-refractivity contribution < 1.29 is 31.1 Å². The predicted octanol–water partition coefficient (Wildman–Crippen LogP) is 4.18. The van der Waals surface area contributed by atoms with Crippen LogP contribution < -0.4 is 14.4 Å². The minimum atomic E-state index is -4.65. The van der Waals surface area contributed by atoms with Crippen LogP contribution in [-0.2, 0) is 16.6 Å². The van der Waals surface area contributed by atoms with E-state index >= 15 is 0 Å². The maximum atomic E-state index is 12.3. The van der Waals surface area contributed by atoms with Gasteiger partial charge in [-0.25, -0.2) is 13.1 Å². The van der Waals surface area contributed by atoms with Crippen molar-refractivity contribution in [2.45, 2.75) is 33.0 Å². The smallest absolute Gasteiger partial charge is 0.390 e. The summed E-state index contributed by atoms with van der Waals surface area (Å²) in [6, 6.07) is 17.4. The van der Waals surface area contributed by atoms with Gasteiger partial charge in [0.25, 0.3) is 5.91 Å². The van der Waals surface area contributed by atoms with Crippen LogP contribution in [0.5, 0.6) is 5.75 Å². The quantitative estimate of drug-likeness (QED) is 0.375. The largest absolute Gasteiger partial charge is 0.494 e. The van der Waals surface area contributed by atoms with Gasteiger partial charge in [-0.05, 0) is 60.4 Å². The van der Waals surface area contributed by atoms with Gasteiger partial charge in [0.2, 0.25) is 10.0 Å². The fourth-order valence-corrected chi connectivity index (χ4v) is 5.56. The Morgan fingerprint density at radius 2 is 1.78 bits per heavy atom. The number of nitrogens with zero attached hydrogens (tertiary/aromatic N) is 4. The number of ether oxygens (including phenoxy) is 1. The summed E-state index contributed by atoms with van der Waals surface area (Å²) in [5.41, 5.74) is 4.37. The number of aryl methyl sites for hydroxylation is 1. The fourth-order valence-electron chi connectivity index (χ4n) is 4.57. The first-order valence-corrected chi connectivity index (χ1v) is 14.8. The molecule has 0 aliphatic carbocycles. The van der Waals surface area contributed by atoms with E-state index in [-0.39, 0.29) is 5.69 Å². The van der Waals surface area contributed by atoms with Crippen molar-refractivity contribution in [2.75, 3.05) is 43.4 Å². The van der Waals surface area contributed by atoms with Gasteiger partial charge in [-0.2, -0.15) is 13.2 Å². The average molecular weight is 592 g/mol. The van der Waals surface area contributed by atoms with Gasteiger partial charge in [0.15, 0.2) is 11.5 Å². The molecule has 2 heterocycles. The lowest BCUT2D eigenvalue weighted by Gasteiger charge is -2.35. The van der Waals surface area contributed by atoms with Crippen LogP contribution >= 0.6 is 0 Å². The standard InChI is InChI=1S/C28H32F3N5O4S/c1-3-40-23-6-4-5-22(18-23)24-8-7-21(17-20(24)2)19-35-12-14-36(15-13-35)26-10-9-25(32-33-26)27(37)34-41(38,39)16-11-28(29,30)31/h4-10,17-18H,3,11-16,19H2,1-2H3,(H,34,37). The molecule has 0 unspecified atom stereocenters. The van der Waals surface area contributed by atoms with Crippen molar-refractivity contribution in [2.24, 2.45) is 0 Å². The third-order valence-corrected chi connectivity index (χ3v) is 7.87. The molecule has 2 aromatic carbocycles. The summed E-state index contributed by atoms with van der Waals surface area (Å²) < 4.78 is 67.7. The maximum Gasteiger partial charge on any atom is 0.390 e. The van der Waals surface area contributed by atoms with Crippen molar-refractivity contribution in [1.82, 2.24) is 19.8 Å². The minimum Gasteiger partial charge on any atom is -0.494 e. The average Bonchev–Trinajstić information content (AvgIpc) is 2.92. The van der Waals surface area contributed by atoms with Gasteiger partial charge < -0.3 is 9.64 Å². The molecule has 0 spiro atoms. The molecular weight excluding hydrogens is 559 g/mol. The molecule has 1 aromatic heterocycles. The monoisotopic (exact) mass is 591 g/mol. The van der Waals surface area contributed by atoms with E-state index in [4.69, 9.17) is 4.74 Å². The summed E-state index contributed by atoms with van der Waals surface area (Å²) >= 11 is 0. The van der Waals surface area contributed by atoms with E-state index < -0.39 is 34.3 Å². The van der Waals surface area contributed by atoms with E-state index in [1.807, 2.05) is 30.0 Å². The van der Waals surface area contributed by atoms with Gasteiger partial charge in [0.05, 0.1) is 18.8 Å². The van der Waals surface area contributed by atoms with Crippen LogP contribution in [0.25, 0.3) is 11.1 Å². The first-order valence-electron chi connectivity index (χ1n) is 13.2. The number of amides is 1. The number of rotatable bonds is 10. The Balaban J connectivity index is 1.29. The molecule has 3 aromatic rings. The number of carbonyl (C=O) groups is 1. The molecule has 1 N–H and O–H groups in total. The zero-order chi connectivity index (χ0) is 29.6. The Morgan fingerprint density at radius 3 is 2.41 bits per heavy atom. The number of sulfonamides is 1. The predicted molar refractivity (Wildman–Crippen MR) is 149 cm³/mol. The molecule has 0 radical (unpaired) electrons. The van der Waals surface area contributed by atoms with Crippen molar-refractivity contribution in [3.8, 4) is 16.9 Å². The lowest BCUT2D eigenvalue weighted by Crippen LogP contribution is -2.46. The highest BCUT2D eigenvalue weighted by Crippen LogP contribution is 2.28. The van der Waals surface area contributed by atoms with Crippen LogP contribution in [0.4, 0.5) is 19.0 Å². The SMILES string of the molecule is CCOc1cccc(-c2ccc(CN3CCN(c4ccc(C(=O)NS(=O)(=O)CCC(F)(F)F)nn4)CC3)cc2C)c1. The van der Waals surface area contributed by atoms with Crippen LogP contribution in [0, 0.1) is 6.92 Å². The normalized spacial score (nSPS) is 14.6. The number of carbonyl (C=O) groups excluding carboxylic acids is 1. The third kappa shape index (κ3) is 8.64. The molecule has 0 saturated carbocycles. The Hall–Kier alpha value is -3.71. The van der Waals surface area contributed by atoms with Crippen LogP contribution in [0.15, 0.2) is 54.6 Å². The van der Waals surface area contributed by atoms with Crippen LogP contribution in [-0.4, -0.2) is 74.1 Å². The molecule has 1 fully saturated rings. The Labute approximate surface area is 237 Å². The number of benzene rings is 2. The molecule has 0 bridgehead atoms. The molecule has 0 atom stereocenters. The molecular formula is C28H32F3N5O4S. The van der Waals surface area contributed by atoms with Gasteiger partial charge in [-0.15, -0.1) is 10.2 Å². The number of alkyl halides is 3. The van der Waals surface area contributed by atoms with Crippen molar-refractivity contribution in [1.29, 1.82) is 0 Å². The highest BCUT2D eigenvalue weighted by Gasteiger charge is 2.31. The zero-order valence-corrected chi connectivity index (χ0v) is 23.6. The third-order valence-electron chi connectivity index (χ3n) is 6.63. The number of piperazine rings is 1. The summed E-state index contributed by atoms with van der Waals surface area (Å²) in [6.45, 7) is 8.38. The summed E-state index contributed by atoms with van der Waals surface area (Å²) in [4.78, 5) is 16.5. The maximum absolute atomic E-state index is 12.3. The molecule has 1 aliphatic heterocycles. The van der Waals surface area contributed by atoms with Gasteiger partial charge in [-0.3, -0.25) is 9.69 Å². The number of hydrogen-bond donors (Lipinski definition) is 1. The van der Waals surface area contributed by atoms with Gasteiger partial charge in [-0.1, -0.05) is 30.3 Å². The highest BCUT2D eigenvalue weighted by atomic mass is 32.2. The zero-order valence-electron chi connectivity index (χ0n) is 22.8. The molecule has 9 nitrogen and oxygen atoms in total. The molecule has 1 amide bonds. The van der Waals surface area contributed by atoms with E-state index in [9.17, 15) is 26.4 Å². The van der Waals surface area contributed by atoms with Crippen LogP contribution in [0.3, 0.4) is 0 Å². The molecule has 4 rings (SSSR count). The van der Waals surface area contributed by atoms with Gasteiger partial charge in [0.1, 0.15) is 5.75 Å². The second-order valence-corrected chi connectivity index (χ2v) is 11.6. The topological polar surface area (TPSA) is 105 Å².